The van der Waals surface area contributed by atoms with Gasteiger partial charge in [0.1, 0.15) is 0 Å². The van der Waals surface area contributed by atoms with Crippen molar-refractivity contribution in [2.75, 3.05) is 39.1 Å². The van der Waals surface area contributed by atoms with Crippen molar-refractivity contribution < 1.29 is 4.74 Å². The summed E-state index contributed by atoms with van der Waals surface area (Å²) in [5.41, 5.74) is 0. The van der Waals surface area contributed by atoms with Gasteiger partial charge in [0.25, 0.3) is 0 Å². The summed E-state index contributed by atoms with van der Waals surface area (Å²) in [6, 6.07) is 4.34. The van der Waals surface area contributed by atoms with Gasteiger partial charge in [-0.05, 0) is 42.4 Å². The second kappa shape index (κ2) is 12.4. The van der Waals surface area contributed by atoms with E-state index in [1.165, 1.54) is 4.88 Å². The minimum Gasteiger partial charge on any atom is -0.381 e. The van der Waals surface area contributed by atoms with Crippen LogP contribution in [0.4, 0.5) is 0 Å². The monoisotopic (exact) mass is 497 g/mol. The topological polar surface area (TPSA) is 45.7 Å². The lowest BCUT2D eigenvalue weighted by atomic mass is 9.99. The summed E-state index contributed by atoms with van der Waals surface area (Å²) in [6.07, 6.45) is 3.35. The Bertz CT molecular complexity index is 485. The number of ether oxygens (including phenoxy) is 1. The number of hydrogen-bond acceptors (Lipinski definition) is 4. The molecule has 1 aliphatic rings. The molecule has 0 saturated carbocycles. The molecule has 0 aliphatic carbocycles. The van der Waals surface area contributed by atoms with Crippen LogP contribution in [0.15, 0.2) is 22.5 Å². The Morgan fingerprint density at radius 1 is 1.40 bits per heavy atom. The molecule has 0 bridgehead atoms. The van der Waals surface area contributed by atoms with Crippen LogP contribution in [0.25, 0.3) is 0 Å². The number of hydrogen-bond donors (Lipinski definition) is 2. The Kier molecular flexibility index (Phi) is 11.4. The van der Waals surface area contributed by atoms with Gasteiger partial charge in [-0.15, -0.1) is 35.3 Å². The van der Waals surface area contributed by atoms with E-state index < -0.39 is 0 Å². The Balaban J connectivity index is 0.00000312. The minimum absolute atomic E-state index is 0. The fourth-order valence-electron chi connectivity index (χ4n) is 3.00. The van der Waals surface area contributed by atoms with Gasteiger partial charge in [-0.3, -0.25) is 4.99 Å². The molecule has 1 aromatic rings. The molecule has 1 atom stereocenters. The second-order valence-electron chi connectivity index (χ2n) is 6.42. The number of nitrogens with one attached hydrogen (secondary N) is 2. The Morgan fingerprint density at radius 3 is 2.76 bits per heavy atom. The first-order valence-electron chi connectivity index (χ1n) is 8.86. The van der Waals surface area contributed by atoms with E-state index in [0.717, 1.165) is 57.3 Å². The van der Waals surface area contributed by atoms with E-state index in [-0.39, 0.29) is 28.7 Å². The average molecular weight is 498 g/mol. The molecule has 0 spiro atoms. The van der Waals surface area contributed by atoms with Crippen LogP contribution in [-0.4, -0.2) is 49.8 Å². The van der Waals surface area contributed by atoms with Crippen molar-refractivity contribution in [2.45, 2.75) is 37.9 Å². The first-order chi connectivity index (χ1) is 11.7. The lowest BCUT2D eigenvalue weighted by Gasteiger charge is -2.37. The van der Waals surface area contributed by atoms with E-state index in [4.69, 9.17) is 4.74 Å². The van der Waals surface area contributed by atoms with Crippen LogP contribution in [0.3, 0.4) is 0 Å². The summed E-state index contributed by atoms with van der Waals surface area (Å²) >= 11 is 3.89. The zero-order chi connectivity index (χ0) is 17.3. The first-order valence-corrected chi connectivity index (χ1v) is 10.7. The highest BCUT2D eigenvalue weighted by molar-refractivity contribution is 14.0. The van der Waals surface area contributed by atoms with Crippen molar-refractivity contribution in [3.63, 3.8) is 0 Å². The molecule has 2 heterocycles. The van der Waals surface area contributed by atoms with E-state index in [1.54, 1.807) is 0 Å². The second-order valence-corrected chi connectivity index (χ2v) is 9.19. The SMILES string of the molecule is CCSC1(CNC(=NC)NCC(C)Cc2cccs2)CCOCC1.I. The van der Waals surface area contributed by atoms with Gasteiger partial charge in [-0.1, -0.05) is 19.9 Å². The summed E-state index contributed by atoms with van der Waals surface area (Å²) in [6.45, 7) is 8.16. The van der Waals surface area contributed by atoms with Crippen molar-refractivity contribution in [3.8, 4) is 0 Å². The molecule has 1 aromatic heterocycles. The minimum atomic E-state index is 0. The van der Waals surface area contributed by atoms with Gasteiger partial charge in [0.05, 0.1) is 0 Å². The van der Waals surface area contributed by atoms with Crippen LogP contribution in [0.2, 0.25) is 0 Å². The standard InChI is InChI=1S/C18H31N3OS2.HI/c1-4-24-18(7-9-22-10-8-18)14-21-17(19-3)20-13-15(2)12-16-6-5-11-23-16;/h5-6,11,15H,4,7-10,12-14H2,1-3H3,(H2,19,20,21);1H. The van der Waals surface area contributed by atoms with Gasteiger partial charge >= 0.3 is 0 Å². The number of nitrogens with zero attached hydrogens (tertiary/aromatic N) is 1. The molecule has 1 aliphatic heterocycles. The molecule has 0 aromatic carbocycles. The third-order valence-electron chi connectivity index (χ3n) is 4.40. The summed E-state index contributed by atoms with van der Waals surface area (Å²) < 4.78 is 5.83. The van der Waals surface area contributed by atoms with Gasteiger partial charge in [0.15, 0.2) is 5.96 Å². The quantitative estimate of drug-likeness (QED) is 0.324. The lowest BCUT2D eigenvalue weighted by Crippen LogP contribution is -2.48. The van der Waals surface area contributed by atoms with Crippen LogP contribution in [0.5, 0.6) is 0 Å². The maximum atomic E-state index is 5.55. The number of thioether (sulfide) groups is 1. The van der Waals surface area contributed by atoms with Crippen LogP contribution in [0, 0.1) is 5.92 Å². The maximum Gasteiger partial charge on any atom is 0.191 e. The van der Waals surface area contributed by atoms with Gasteiger partial charge in [0, 0.05) is 43.0 Å². The number of halogens is 1. The lowest BCUT2D eigenvalue weighted by molar-refractivity contribution is 0.0782. The molecule has 4 nitrogen and oxygen atoms in total. The summed E-state index contributed by atoms with van der Waals surface area (Å²) in [5, 5.41) is 9.18. The molecular weight excluding hydrogens is 465 g/mol. The van der Waals surface area contributed by atoms with E-state index in [9.17, 15) is 0 Å². The molecule has 1 fully saturated rings. The highest BCUT2D eigenvalue weighted by atomic mass is 127. The predicted molar refractivity (Wildman–Crippen MR) is 123 cm³/mol. The highest BCUT2D eigenvalue weighted by Gasteiger charge is 2.32. The van der Waals surface area contributed by atoms with Crippen LogP contribution < -0.4 is 10.6 Å². The molecule has 1 saturated heterocycles. The maximum absolute atomic E-state index is 5.55. The van der Waals surface area contributed by atoms with Crippen LogP contribution in [0.1, 0.15) is 31.6 Å². The molecule has 0 amide bonds. The summed E-state index contributed by atoms with van der Waals surface area (Å²) in [7, 11) is 1.85. The fraction of sp³-hybridized carbons (Fsp3) is 0.722. The van der Waals surface area contributed by atoms with Crippen LogP contribution in [-0.2, 0) is 11.2 Å². The van der Waals surface area contributed by atoms with Crippen molar-refractivity contribution in [3.05, 3.63) is 22.4 Å². The zero-order valence-corrected chi connectivity index (χ0v) is 19.5. The van der Waals surface area contributed by atoms with E-state index in [0.29, 0.717) is 5.92 Å². The van der Waals surface area contributed by atoms with Crippen molar-refractivity contribution in [2.24, 2.45) is 10.9 Å². The molecule has 1 unspecified atom stereocenters. The van der Waals surface area contributed by atoms with Crippen molar-refractivity contribution >= 4 is 53.0 Å². The Hall–Kier alpha value is 0.01000. The first kappa shape index (κ1) is 23.0. The van der Waals surface area contributed by atoms with E-state index in [1.807, 2.05) is 18.4 Å². The average Bonchev–Trinajstić information content (AvgIpc) is 3.09. The number of aliphatic imine (C=N–C) groups is 1. The van der Waals surface area contributed by atoms with E-state index in [2.05, 4.69) is 58.7 Å². The zero-order valence-electron chi connectivity index (χ0n) is 15.5. The number of rotatable bonds is 8. The third kappa shape index (κ3) is 8.05. The predicted octanol–water partition coefficient (Wildman–Crippen LogP) is 4.01. The number of guanidine groups is 1. The van der Waals surface area contributed by atoms with Gasteiger partial charge in [0.2, 0.25) is 0 Å². The smallest absolute Gasteiger partial charge is 0.191 e. The van der Waals surface area contributed by atoms with Crippen molar-refractivity contribution in [1.29, 1.82) is 0 Å². The van der Waals surface area contributed by atoms with Crippen LogP contribution >= 0.6 is 47.1 Å². The molecule has 25 heavy (non-hydrogen) atoms. The normalized spacial score (nSPS) is 18.3. The van der Waals surface area contributed by atoms with Gasteiger partial charge in [-0.25, -0.2) is 0 Å². The highest BCUT2D eigenvalue weighted by Crippen LogP contribution is 2.34. The largest absolute Gasteiger partial charge is 0.381 e. The molecule has 2 rings (SSSR count). The summed E-state index contributed by atoms with van der Waals surface area (Å²) in [4.78, 5) is 5.84. The van der Waals surface area contributed by atoms with Gasteiger partial charge < -0.3 is 15.4 Å². The molecule has 2 N–H and O–H groups in total. The fourth-order valence-corrected chi connectivity index (χ4v) is 5.11. The van der Waals surface area contributed by atoms with E-state index >= 15 is 0 Å². The van der Waals surface area contributed by atoms with Crippen molar-refractivity contribution in [1.82, 2.24) is 10.6 Å². The summed E-state index contributed by atoms with van der Waals surface area (Å²) in [5.74, 6) is 2.64. The molecular formula is C18H32IN3OS2. The third-order valence-corrected chi connectivity index (χ3v) is 6.76. The molecule has 7 heteroatoms. The van der Waals surface area contributed by atoms with Gasteiger partial charge in [-0.2, -0.15) is 11.8 Å². The molecule has 0 radical (unpaired) electrons. The Labute approximate surface area is 178 Å². The number of thiophene rings is 1. The Morgan fingerprint density at radius 2 is 2.16 bits per heavy atom. The molecule has 144 valence electrons.